The molecule has 0 aliphatic heterocycles. The highest BCUT2D eigenvalue weighted by Gasteiger charge is 2.32. The second-order valence-electron chi connectivity index (χ2n) is 4.64. The second-order valence-corrected chi connectivity index (χ2v) is 4.64. The fourth-order valence-corrected chi connectivity index (χ4v) is 1.55. The number of nitrogens with one attached hydrogen (secondary N) is 1. The standard InChI is InChI=1S/C13H17F3N2O/c1-8(2)11(17)12(19)18-7-9-5-3-4-6-10(9)13(14,15)16/h3-6,8,11H,7,17H2,1-2H3,(H,18,19)/t11-/m1/s1. The smallest absolute Gasteiger partial charge is 0.351 e. The van der Waals surface area contributed by atoms with Gasteiger partial charge in [0.1, 0.15) is 0 Å². The number of carbonyl (C=O) groups is 1. The maximum absolute atomic E-state index is 12.7. The molecule has 0 aliphatic carbocycles. The van der Waals surface area contributed by atoms with Crippen LogP contribution in [0, 0.1) is 5.92 Å². The van der Waals surface area contributed by atoms with Gasteiger partial charge in [0.05, 0.1) is 11.6 Å². The number of hydrogen-bond acceptors (Lipinski definition) is 2. The first-order valence-electron chi connectivity index (χ1n) is 5.92. The molecular weight excluding hydrogens is 257 g/mol. The molecule has 3 nitrogen and oxygen atoms in total. The van der Waals surface area contributed by atoms with Crippen molar-refractivity contribution in [2.75, 3.05) is 0 Å². The van der Waals surface area contributed by atoms with E-state index in [-0.39, 0.29) is 18.0 Å². The minimum Gasteiger partial charge on any atom is -0.351 e. The van der Waals surface area contributed by atoms with E-state index in [9.17, 15) is 18.0 Å². The molecule has 0 spiro atoms. The van der Waals surface area contributed by atoms with Gasteiger partial charge in [0.15, 0.2) is 0 Å². The van der Waals surface area contributed by atoms with Crippen LogP contribution in [0.25, 0.3) is 0 Å². The molecular formula is C13H17F3N2O. The third-order valence-electron chi connectivity index (χ3n) is 2.80. The first kappa shape index (κ1) is 15.5. The molecule has 0 unspecified atom stereocenters. The molecule has 1 amide bonds. The SMILES string of the molecule is CC(C)[C@@H](N)C(=O)NCc1ccccc1C(F)(F)F. The number of alkyl halides is 3. The third kappa shape index (κ3) is 4.24. The Hall–Kier alpha value is -1.56. The van der Waals surface area contributed by atoms with E-state index in [4.69, 9.17) is 5.73 Å². The van der Waals surface area contributed by atoms with Crippen molar-refractivity contribution in [3.63, 3.8) is 0 Å². The molecule has 1 rings (SSSR count). The predicted molar refractivity (Wildman–Crippen MR) is 66.1 cm³/mol. The van der Waals surface area contributed by atoms with Crippen molar-refractivity contribution in [3.8, 4) is 0 Å². The molecule has 19 heavy (non-hydrogen) atoms. The molecule has 0 heterocycles. The van der Waals surface area contributed by atoms with E-state index in [1.807, 2.05) is 0 Å². The van der Waals surface area contributed by atoms with Crippen molar-refractivity contribution in [1.82, 2.24) is 5.32 Å². The summed E-state index contributed by atoms with van der Waals surface area (Å²) in [6, 6.07) is 4.42. The Bertz CT molecular complexity index is 444. The third-order valence-corrected chi connectivity index (χ3v) is 2.80. The van der Waals surface area contributed by atoms with E-state index in [2.05, 4.69) is 5.32 Å². The molecule has 0 saturated heterocycles. The topological polar surface area (TPSA) is 55.1 Å². The van der Waals surface area contributed by atoms with Gasteiger partial charge in [0.25, 0.3) is 0 Å². The van der Waals surface area contributed by atoms with Crippen LogP contribution >= 0.6 is 0 Å². The van der Waals surface area contributed by atoms with Gasteiger partial charge in [-0.2, -0.15) is 13.2 Å². The van der Waals surface area contributed by atoms with E-state index in [1.165, 1.54) is 18.2 Å². The van der Waals surface area contributed by atoms with Crippen LogP contribution in [0.15, 0.2) is 24.3 Å². The van der Waals surface area contributed by atoms with Gasteiger partial charge in [-0.3, -0.25) is 4.79 Å². The molecule has 0 aromatic heterocycles. The zero-order valence-corrected chi connectivity index (χ0v) is 10.8. The summed E-state index contributed by atoms with van der Waals surface area (Å²) in [6.07, 6.45) is -4.43. The summed E-state index contributed by atoms with van der Waals surface area (Å²) in [5, 5.41) is 2.43. The number of halogens is 3. The van der Waals surface area contributed by atoms with Crippen LogP contribution in [0.4, 0.5) is 13.2 Å². The minimum absolute atomic E-state index is 0.0271. The first-order chi connectivity index (χ1) is 8.73. The van der Waals surface area contributed by atoms with Crippen molar-refractivity contribution in [1.29, 1.82) is 0 Å². The van der Waals surface area contributed by atoms with Crippen LogP contribution in [0.3, 0.4) is 0 Å². The number of amides is 1. The van der Waals surface area contributed by atoms with E-state index in [0.717, 1.165) is 6.07 Å². The van der Waals surface area contributed by atoms with Crippen LogP contribution in [-0.2, 0) is 17.5 Å². The summed E-state index contributed by atoms with van der Waals surface area (Å²) in [4.78, 5) is 11.6. The van der Waals surface area contributed by atoms with E-state index >= 15 is 0 Å². The summed E-state index contributed by atoms with van der Waals surface area (Å²) in [7, 11) is 0. The van der Waals surface area contributed by atoms with Crippen molar-refractivity contribution in [3.05, 3.63) is 35.4 Å². The Morgan fingerprint density at radius 1 is 1.32 bits per heavy atom. The highest BCUT2D eigenvalue weighted by Crippen LogP contribution is 2.31. The van der Waals surface area contributed by atoms with Gasteiger partial charge in [-0.25, -0.2) is 0 Å². The summed E-state index contributed by atoms with van der Waals surface area (Å²) < 4.78 is 38.2. The van der Waals surface area contributed by atoms with Crippen LogP contribution in [0.1, 0.15) is 25.0 Å². The van der Waals surface area contributed by atoms with Crippen molar-refractivity contribution >= 4 is 5.91 Å². The van der Waals surface area contributed by atoms with Gasteiger partial charge in [0.2, 0.25) is 5.91 Å². The fraction of sp³-hybridized carbons (Fsp3) is 0.462. The highest BCUT2D eigenvalue weighted by atomic mass is 19.4. The summed E-state index contributed by atoms with van der Waals surface area (Å²) in [5.74, 6) is -0.523. The largest absolute Gasteiger partial charge is 0.416 e. The van der Waals surface area contributed by atoms with Crippen molar-refractivity contribution < 1.29 is 18.0 Å². The lowest BCUT2D eigenvalue weighted by Gasteiger charge is -2.17. The van der Waals surface area contributed by atoms with Crippen LogP contribution in [-0.4, -0.2) is 11.9 Å². The summed E-state index contributed by atoms with van der Waals surface area (Å²) >= 11 is 0. The molecule has 0 fully saturated rings. The predicted octanol–water partition coefficient (Wildman–Crippen LogP) is 2.30. The van der Waals surface area contributed by atoms with Gasteiger partial charge in [0, 0.05) is 6.54 Å². The average Bonchev–Trinajstić information content (AvgIpc) is 2.34. The normalized spacial score (nSPS) is 13.4. The van der Waals surface area contributed by atoms with Gasteiger partial charge < -0.3 is 11.1 Å². The van der Waals surface area contributed by atoms with Gasteiger partial charge in [-0.1, -0.05) is 32.0 Å². The molecule has 0 bridgehead atoms. The highest BCUT2D eigenvalue weighted by molar-refractivity contribution is 5.81. The van der Waals surface area contributed by atoms with Crippen molar-refractivity contribution in [2.45, 2.75) is 32.6 Å². The van der Waals surface area contributed by atoms with Gasteiger partial charge in [-0.15, -0.1) is 0 Å². The van der Waals surface area contributed by atoms with Gasteiger partial charge >= 0.3 is 6.18 Å². The van der Waals surface area contributed by atoms with Crippen LogP contribution in [0.2, 0.25) is 0 Å². The lowest BCUT2D eigenvalue weighted by atomic mass is 10.0. The Labute approximate surface area is 110 Å². The molecule has 0 saturated carbocycles. The maximum atomic E-state index is 12.7. The van der Waals surface area contributed by atoms with Crippen LogP contribution in [0.5, 0.6) is 0 Å². The Morgan fingerprint density at radius 3 is 2.42 bits per heavy atom. The Kier molecular flexibility index (Phi) is 4.94. The lowest BCUT2D eigenvalue weighted by molar-refractivity contribution is -0.138. The molecule has 3 N–H and O–H groups in total. The number of carbonyl (C=O) groups excluding carboxylic acids is 1. The number of nitrogens with two attached hydrogens (primary N) is 1. The van der Waals surface area contributed by atoms with Crippen molar-refractivity contribution in [2.24, 2.45) is 11.7 Å². The molecule has 6 heteroatoms. The monoisotopic (exact) mass is 274 g/mol. The minimum atomic E-state index is -4.43. The summed E-state index contributed by atoms with van der Waals surface area (Å²) in [5.41, 5.74) is 4.90. The van der Waals surface area contributed by atoms with E-state index in [0.29, 0.717) is 0 Å². The second kappa shape index (κ2) is 6.06. The zero-order chi connectivity index (χ0) is 14.6. The molecule has 1 aromatic carbocycles. The number of hydrogen-bond donors (Lipinski definition) is 2. The molecule has 0 radical (unpaired) electrons. The van der Waals surface area contributed by atoms with E-state index in [1.54, 1.807) is 13.8 Å². The lowest BCUT2D eigenvalue weighted by Crippen LogP contribution is -2.43. The number of benzene rings is 1. The zero-order valence-electron chi connectivity index (χ0n) is 10.8. The molecule has 106 valence electrons. The molecule has 1 atom stereocenters. The number of rotatable bonds is 4. The van der Waals surface area contributed by atoms with Crippen LogP contribution < -0.4 is 11.1 Å². The summed E-state index contributed by atoms with van der Waals surface area (Å²) in [6.45, 7) is 3.36. The quantitative estimate of drug-likeness (QED) is 0.885. The Balaban J connectivity index is 2.77. The molecule has 1 aromatic rings. The van der Waals surface area contributed by atoms with Gasteiger partial charge in [-0.05, 0) is 17.5 Å². The average molecular weight is 274 g/mol. The first-order valence-corrected chi connectivity index (χ1v) is 5.92. The van der Waals surface area contributed by atoms with E-state index < -0.39 is 23.7 Å². The molecule has 0 aliphatic rings. The maximum Gasteiger partial charge on any atom is 0.416 e. The Morgan fingerprint density at radius 2 is 1.89 bits per heavy atom. The fourth-order valence-electron chi connectivity index (χ4n) is 1.55.